The molecule has 0 fully saturated rings. The molecule has 0 saturated carbocycles. The second-order valence-electron chi connectivity index (χ2n) is 5.29. The van der Waals surface area contributed by atoms with Crippen LogP contribution in [0, 0.1) is 0 Å². The smallest absolute Gasteiger partial charge is 0.165 e. The first-order chi connectivity index (χ1) is 8.98. The number of rotatable bonds is 7. The fraction of sp³-hybridized carbons (Fsp3) is 0.600. The number of methoxy groups -OCH3 is 1. The van der Waals surface area contributed by atoms with E-state index in [0.29, 0.717) is 13.2 Å². The fourth-order valence-corrected chi connectivity index (χ4v) is 1.71. The van der Waals surface area contributed by atoms with E-state index in [1.54, 1.807) is 7.11 Å². The molecule has 0 amide bonds. The van der Waals surface area contributed by atoms with Crippen molar-refractivity contribution in [3.63, 3.8) is 0 Å². The fourth-order valence-electron chi connectivity index (χ4n) is 1.71. The molecule has 108 valence electrons. The zero-order valence-electron chi connectivity index (χ0n) is 12.6. The lowest BCUT2D eigenvalue weighted by atomic mass is 10.2. The number of hydrogen-bond donors (Lipinski definition) is 1. The Morgan fingerprint density at radius 3 is 2.47 bits per heavy atom. The zero-order chi connectivity index (χ0) is 14.3. The highest BCUT2D eigenvalue weighted by Gasteiger charge is 2.12. The molecule has 4 nitrogen and oxygen atoms in total. The van der Waals surface area contributed by atoms with E-state index in [9.17, 15) is 0 Å². The van der Waals surface area contributed by atoms with Crippen LogP contribution in [0.2, 0.25) is 0 Å². The lowest BCUT2D eigenvalue weighted by Gasteiger charge is -2.20. The Kier molecular flexibility index (Phi) is 6.12. The van der Waals surface area contributed by atoms with Crippen molar-refractivity contribution in [1.82, 2.24) is 5.32 Å². The van der Waals surface area contributed by atoms with E-state index >= 15 is 0 Å². The standard InChI is InChI=1S/C15H25NO3/c1-15(2,3)19-10-9-18-14-12(11-16-4)7-6-8-13(14)17-5/h6-8,16H,9-11H2,1-5H3. The molecule has 1 aromatic rings. The van der Waals surface area contributed by atoms with E-state index in [2.05, 4.69) is 5.32 Å². The van der Waals surface area contributed by atoms with Gasteiger partial charge in [-0.2, -0.15) is 0 Å². The third kappa shape index (κ3) is 5.49. The molecule has 0 radical (unpaired) electrons. The molecule has 0 spiro atoms. The Morgan fingerprint density at radius 2 is 1.89 bits per heavy atom. The van der Waals surface area contributed by atoms with Crippen LogP contribution >= 0.6 is 0 Å². The van der Waals surface area contributed by atoms with Gasteiger partial charge in [0.1, 0.15) is 6.61 Å². The Balaban J connectivity index is 2.64. The zero-order valence-corrected chi connectivity index (χ0v) is 12.6. The molecule has 0 atom stereocenters. The van der Waals surface area contributed by atoms with Crippen LogP contribution in [0.5, 0.6) is 11.5 Å². The van der Waals surface area contributed by atoms with E-state index in [4.69, 9.17) is 14.2 Å². The summed E-state index contributed by atoms with van der Waals surface area (Å²) in [6, 6.07) is 5.89. The Bertz CT molecular complexity index is 385. The summed E-state index contributed by atoms with van der Waals surface area (Å²) in [5.41, 5.74) is 0.940. The van der Waals surface area contributed by atoms with Crippen LogP contribution < -0.4 is 14.8 Å². The Hall–Kier alpha value is -1.26. The van der Waals surface area contributed by atoms with Crippen LogP contribution in [0.25, 0.3) is 0 Å². The van der Waals surface area contributed by atoms with Gasteiger partial charge in [0.25, 0.3) is 0 Å². The predicted octanol–water partition coefficient (Wildman–Crippen LogP) is 2.61. The molecule has 0 saturated heterocycles. The molecule has 0 bridgehead atoms. The third-order valence-electron chi connectivity index (χ3n) is 2.51. The highest BCUT2D eigenvalue weighted by Crippen LogP contribution is 2.31. The van der Waals surface area contributed by atoms with Crippen LogP contribution in [-0.4, -0.2) is 33.0 Å². The maximum absolute atomic E-state index is 5.82. The Morgan fingerprint density at radius 1 is 1.16 bits per heavy atom. The number of benzene rings is 1. The molecule has 0 heterocycles. The largest absolute Gasteiger partial charge is 0.493 e. The summed E-state index contributed by atoms with van der Waals surface area (Å²) < 4.78 is 16.8. The van der Waals surface area contributed by atoms with E-state index in [-0.39, 0.29) is 5.60 Å². The average molecular weight is 267 g/mol. The maximum atomic E-state index is 5.82. The minimum atomic E-state index is -0.141. The van der Waals surface area contributed by atoms with E-state index in [1.165, 1.54) is 0 Å². The monoisotopic (exact) mass is 267 g/mol. The minimum absolute atomic E-state index is 0.141. The first-order valence-corrected chi connectivity index (χ1v) is 6.55. The van der Waals surface area contributed by atoms with Crippen LogP contribution in [0.15, 0.2) is 18.2 Å². The second-order valence-corrected chi connectivity index (χ2v) is 5.29. The van der Waals surface area contributed by atoms with Gasteiger partial charge in [0.05, 0.1) is 19.3 Å². The van der Waals surface area contributed by atoms with Gasteiger partial charge in [-0.1, -0.05) is 12.1 Å². The van der Waals surface area contributed by atoms with Gasteiger partial charge >= 0.3 is 0 Å². The van der Waals surface area contributed by atoms with E-state index in [1.807, 2.05) is 46.0 Å². The number of hydrogen-bond acceptors (Lipinski definition) is 4. The van der Waals surface area contributed by atoms with E-state index in [0.717, 1.165) is 23.6 Å². The lowest BCUT2D eigenvalue weighted by molar-refractivity contribution is -0.0166. The average Bonchev–Trinajstić information content (AvgIpc) is 2.35. The molecule has 0 aliphatic carbocycles. The van der Waals surface area contributed by atoms with Crippen molar-refractivity contribution in [3.05, 3.63) is 23.8 Å². The summed E-state index contributed by atoms with van der Waals surface area (Å²) in [5, 5.41) is 3.12. The summed E-state index contributed by atoms with van der Waals surface area (Å²) in [6.07, 6.45) is 0. The van der Waals surface area contributed by atoms with Gasteiger partial charge in [-0.05, 0) is 33.9 Å². The summed E-state index contributed by atoms with van der Waals surface area (Å²) in [4.78, 5) is 0. The normalized spacial score (nSPS) is 11.4. The van der Waals surface area contributed by atoms with Crippen molar-refractivity contribution >= 4 is 0 Å². The second kappa shape index (κ2) is 7.36. The van der Waals surface area contributed by atoms with Crippen molar-refractivity contribution in [2.75, 3.05) is 27.4 Å². The predicted molar refractivity (Wildman–Crippen MR) is 77.0 cm³/mol. The molecular formula is C15H25NO3. The van der Waals surface area contributed by atoms with Gasteiger partial charge in [0, 0.05) is 12.1 Å². The van der Waals surface area contributed by atoms with Crippen molar-refractivity contribution in [3.8, 4) is 11.5 Å². The summed E-state index contributed by atoms with van der Waals surface area (Å²) >= 11 is 0. The molecule has 1 N–H and O–H groups in total. The first kappa shape index (κ1) is 15.8. The van der Waals surface area contributed by atoms with Crippen molar-refractivity contribution in [2.24, 2.45) is 0 Å². The highest BCUT2D eigenvalue weighted by atomic mass is 16.5. The van der Waals surface area contributed by atoms with Gasteiger partial charge in [-0.15, -0.1) is 0 Å². The van der Waals surface area contributed by atoms with Gasteiger partial charge in [-0.25, -0.2) is 0 Å². The maximum Gasteiger partial charge on any atom is 0.165 e. The number of para-hydroxylation sites is 1. The number of ether oxygens (including phenoxy) is 3. The summed E-state index contributed by atoms with van der Waals surface area (Å²) in [5.74, 6) is 1.54. The van der Waals surface area contributed by atoms with Crippen molar-refractivity contribution in [1.29, 1.82) is 0 Å². The topological polar surface area (TPSA) is 39.7 Å². The molecule has 0 aromatic heterocycles. The van der Waals surface area contributed by atoms with Crippen molar-refractivity contribution in [2.45, 2.75) is 32.9 Å². The van der Waals surface area contributed by atoms with Gasteiger partial charge in [0.15, 0.2) is 11.5 Å². The van der Waals surface area contributed by atoms with Crippen LogP contribution in [0.4, 0.5) is 0 Å². The molecule has 0 unspecified atom stereocenters. The van der Waals surface area contributed by atoms with Crippen LogP contribution in [0.1, 0.15) is 26.3 Å². The van der Waals surface area contributed by atoms with Gasteiger partial charge in [-0.3, -0.25) is 0 Å². The molecule has 0 aliphatic heterocycles. The lowest BCUT2D eigenvalue weighted by Crippen LogP contribution is -2.22. The van der Waals surface area contributed by atoms with Crippen LogP contribution in [0.3, 0.4) is 0 Å². The molecule has 1 aromatic carbocycles. The third-order valence-corrected chi connectivity index (χ3v) is 2.51. The Labute approximate surface area is 116 Å². The number of nitrogens with one attached hydrogen (secondary N) is 1. The summed E-state index contributed by atoms with van der Waals surface area (Å²) in [6.45, 7) is 7.90. The summed E-state index contributed by atoms with van der Waals surface area (Å²) in [7, 11) is 3.56. The molecule has 4 heteroatoms. The first-order valence-electron chi connectivity index (χ1n) is 6.55. The van der Waals surface area contributed by atoms with Crippen molar-refractivity contribution < 1.29 is 14.2 Å². The van der Waals surface area contributed by atoms with Gasteiger partial charge < -0.3 is 19.5 Å². The highest BCUT2D eigenvalue weighted by molar-refractivity contribution is 5.46. The molecule has 19 heavy (non-hydrogen) atoms. The quantitative estimate of drug-likeness (QED) is 0.771. The minimum Gasteiger partial charge on any atom is -0.493 e. The SMILES string of the molecule is CNCc1cccc(OC)c1OCCOC(C)(C)C. The molecule has 0 aliphatic rings. The van der Waals surface area contributed by atoms with Gasteiger partial charge in [0.2, 0.25) is 0 Å². The van der Waals surface area contributed by atoms with Crippen LogP contribution in [-0.2, 0) is 11.3 Å². The molecular weight excluding hydrogens is 242 g/mol. The van der Waals surface area contributed by atoms with E-state index < -0.39 is 0 Å². The molecule has 1 rings (SSSR count).